The van der Waals surface area contributed by atoms with Crippen LogP contribution in [0.15, 0.2) is 18.2 Å². The molecule has 0 atom stereocenters. The van der Waals surface area contributed by atoms with Crippen molar-refractivity contribution in [2.45, 2.75) is 47.1 Å². The summed E-state index contributed by atoms with van der Waals surface area (Å²) in [6, 6.07) is 7.41. The maximum Gasteiger partial charge on any atom is 0.501 e. The van der Waals surface area contributed by atoms with E-state index < -0.39 is 8.80 Å². The molecule has 0 fully saturated rings. The average Bonchev–Trinajstić information content (AvgIpc) is 2.41. The van der Waals surface area contributed by atoms with Gasteiger partial charge in [-0.3, -0.25) is 0 Å². The van der Waals surface area contributed by atoms with E-state index in [0.717, 1.165) is 12.5 Å². The van der Waals surface area contributed by atoms with Crippen LogP contribution in [0.2, 0.25) is 6.04 Å². The van der Waals surface area contributed by atoms with Crippen molar-refractivity contribution in [1.29, 1.82) is 0 Å². The Balaban J connectivity index is 2.81. The highest BCUT2D eigenvalue weighted by Crippen LogP contribution is 2.21. The Hall–Kier alpha value is -0.683. The van der Waals surface area contributed by atoms with Crippen LogP contribution in [-0.2, 0) is 19.7 Å². The molecule has 0 unspecified atom stereocenters. The molecule has 0 saturated heterocycles. The topological polar surface area (TPSA) is 27.7 Å². The highest BCUT2D eigenvalue weighted by Gasteiger charge is 2.39. The Bertz CT molecular complexity index is 390. The fourth-order valence-electron chi connectivity index (χ4n) is 2.36. The lowest BCUT2D eigenvalue weighted by Gasteiger charge is -2.28. The van der Waals surface area contributed by atoms with Crippen LogP contribution in [-0.4, -0.2) is 28.6 Å². The Kier molecular flexibility index (Phi) is 7.44. The van der Waals surface area contributed by atoms with Gasteiger partial charge in [-0.25, -0.2) is 0 Å². The minimum absolute atomic E-state index is 0.638. The van der Waals surface area contributed by atoms with Crippen molar-refractivity contribution >= 4 is 8.80 Å². The zero-order chi connectivity index (χ0) is 15.0. The zero-order valence-electron chi connectivity index (χ0n) is 13.5. The molecule has 3 nitrogen and oxygen atoms in total. The summed E-state index contributed by atoms with van der Waals surface area (Å²) in [7, 11) is -2.52. The summed E-state index contributed by atoms with van der Waals surface area (Å²) in [5.74, 6) is 0. The first-order chi connectivity index (χ1) is 9.56. The zero-order valence-corrected chi connectivity index (χ0v) is 14.5. The van der Waals surface area contributed by atoms with E-state index in [9.17, 15) is 0 Å². The third kappa shape index (κ3) is 5.02. The van der Waals surface area contributed by atoms with Crippen LogP contribution < -0.4 is 0 Å². The van der Waals surface area contributed by atoms with E-state index in [2.05, 4.69) is 32.0 Å². The minimum atomic E-state index is -2.52. The molecule has 0 spiro atoms. The first-order valence-corrected chi connectivity index (χ1v) is 9.48. The van der Waals surface area contributed by atoms with Crippen molar-refractivity contribution in [1.82, 2.24) is 0 Å². The minimum Gasteiger partial charge on any atom is -0.374 e. The van der Waals surface area contributed by atoms with Crippen molar-refractivity contribution in [3.05, 3.63) is 34.9 Å². The van der Waals surface area contributed by atoms with Crippen molar-refractivity contribution < 1.29 is 13.3 Å². The van der Waals surface area contributed by atoms with Crippen LogP contribution in [0, 0.1) is 13.8 Å². The summed E-state index contributed by atoms with van der Waals surface area (Å²) < 4.78 is 17.7. The molecule has 1 aromatic rings. The predicted molar refractivity (Wildman–Crippen MR) is 85.1 cm³/mol. The van der Waals surface area contributed by atoms with Crippen LogP contribution in [0.4, 0.5) is 0 Å². The molecule has 0 aliphatic rings. The Labute approximate surface area is 124 Å². The number of benzene rings is 1. The molecule has 0 amide bonds. The van der Waals surface area contributed by atoms with Crippen LogP contribution in [0.1, 0.15) is 37.5 Å². The number of hydrogen-bond acceptors (Lipinski definition) is 3. The van der Waals surface area contributed by atoms with Gasteiger partial charge in [0.05, 0.1) is 0 Å². The number of rotatable bonds is 9. The van der Waals surface area contributed by atoms with E-state index in [4.69, 9.17) is 13.3 Å². The van der Waals surface area contributed by atoms with Crippen LogP contribution in [0.5, 0.6) is 0 Å². The predicted octanol–water partition coefficient (Wildman–Crippen LogP) is 3.89. The molecule has 20 heavy (non-hydrogen) atoms. The summed E-state index contributed by atoms with van der Waals surface area (Å²) in [5, 5.41) is 0. The molecule has 1 rings (SSSR count). The van der Waals surface area contributed by atoms with Gasteiger partial charge in [0.15, 0.2) is 0 Å². The summed E-state index contributed by atoms with van der Waals surface area (Å²) in [5.41, 5.74) is 3.98. The average molecular weight is 296 g/mol. The Morgan fingerprint density at radius 2 is 1.45 bits per heavy atom. The van der Waals surface area contributed by atoms with Crippen molar-refractivity contribution in [3.8, 4) is 0 Å². The van der Waals surface area contributed by atoms with Gasteiger partial charge in [-0.2, -0.15) is 0 Å². The molecule has 0 aliphatic carbocycles. The molecule has 114 valence electrons. The second kappa shape index (κ2) is 8.57. The van der Waals surface area contributed by atoms with Gasteiger partial charge in [0, 0.05) is 25.9 Å². The molecule has 0 saturated carbocycles. The molecule has 0 N–H and O–H groups in total. The molecule has 0 aromatic heterocycles. The Morgan fingerprint density at radius 1 is 0.900 bits per heavy atom. The molecular weight excluding hydrogens is 268 g/mol. The van der Waals surface area contributed by atoms with Gasteiger partial charge < -0.3 is 13.3 Å². The van der Waals surface area contributed by atoms with Crippen molar-refractivity contribution in [3.63, 3.8) is 0 Å². The highest BCUT2D eigenvalue weighted by atomic mass is 28.4. The largest absolute Gasteiger partial charge is 0.501 e. The van der Waals surface area contributed by atoms with E-state index in [1.165, 1.54) is 16.7 Å². The van der Waals surface area contributed by atoms with Gasteiger partial charge >= 0.3 is 8.80 Å². The fraction of sp³-hybridized carbons (Fsp3) is 0.625. The highest BCUT2D eigenvalue weighted by molar-refractivity contribution is 6.60. The van der Waals surface area contributed by atoms with Gasteiger partial charge in [0.2, 0.25) is 0 Å². The normalized spacial score (nSPS) is 11.8. The van der Waals surface area contributed by atoms with E-state index in [0.29, 0.717) is 19.8 Å². The van der Waals surface area contributed by atoms with E-state index in [1.54, 1.807) is 0 Å². The molecule has 0 radical (unpaired) electrons. The second-order valence-electron chi connectivity index (χ2n) is 4.91. The van der Waals surface area contributed by atoms with Gasteiger partial charge in [0.25, 0.3) is 0 Å². The van der Waals surface area contributed by atoms with Gasteiger partial charge in [-0.15, -0.1) is 0 Å². The van der Waals surface area contributed by atoms with E-state index >= 15 is 0 Å². The third-order valence-corrected chi connectivity index (χ3v) is 6.35. The lowest BCUT2D eigenvalue weighted by molar-refractivity contribution is 0.0714. The summed E-state index contributed by atoms with van der Waals surface area (Å²) in [4.78, 5) is 0. The van der Waals surface area contributed by atoms with Gasteiger partial charge in [0.1, 0.15) is 0 Å². The molecular formula is C16H28O3Si. The molecule has 0 aliphatic heterocycles. The monoisotopic (exact) mass is 296 g/mol. The standard InChI is InChI=1S/C16H28O3Si/c1-6-17-20(18-7-2,19-8-3)12-11-16-13-14(4)9-10-15(16)5/h9-10,13H,6-8,11-12H2,1-5H3. The molecule has 1 aromatic carbocycles. The quantitative estimate of drug-likeness (QED) is 0.647. The molecule has 0 heterocycles. The van der Waals surface area contributed by atoms with E-state index in [-0.39, 0.29) is 0 Å². The number of hydrogen-bond donors (Lipinski definition) is 0. The van der Waals surface area contributed by atoms with Crippen LogP contribution >= 0.6 is 0 Å². The maximum atomic E-state index is 5.90. The SMILES string of the molecule is CCO[Si](CCc1cc(C)ccc1C)(OCC)OCC. The third-order valence-electron chi connectivity index (χ3n) is 3.30. The molecule has 4 heteroatoms. The Morgan fingerprint density at radius 3 is 1.95 bits per heavy atom. The number of aryl methyl sites for hydroxylation is 3. The second-order valence-corrected chi connectivity index (χ2v) is 7.64. The maximum absolute atomic E-state index is 5.90. The van der Waals surface area contributed by atoms with Gasteiger partial charge in [-0.1, -0.05) is 23.8 Å². The summed E-state index contributed by atoms with van der Waals surface area (Å²) in [6.07, 6.45) is 0.944. The lowest BCUT2D eigenvalue weighted by Crippen LogP contribution is -2.46. The summed E-state index contributed by atoms with van der Waals surface area (Å²) >= 11 is 0. The first-order valence-electron chi connectivity index (χ1n) is 7.54. The smallest absolute Gasteiger partial charge is 0.374 e. The van der Waals surface area contributed by atoms with Crippen LogP contribution in [0.3, 0.4) is 0 Å². The van der Waals surface area contributed by atoms with Crippen LogP contribution in [0.25, 0.3) is 0 Å². The van der Waals surface area contributed by atoms with E-state index in [1.807, 2.05) is 20.8 Å². The lowest BCUT2D eigenvalue weighted by atomic mass is 10.0. The van der Waals surface area contributed by atoms with Crippen molar-refractivity contribution in [2.75, 3.05) is 19.8 Å². The molecule has 0 bridgehead atoms. The van der Waals surface area contributed by atoms with Crippen molar-refractivity contribution in [2.24, 2.45) is 0 Å². The fourth-order valence-corrected chi connectivity index (χ4v) is 4.94. The van der Waals surface area contributed by atoms with Gasteiger partial charge in [-0.05, 0) is 52.2 Å². The summed E-state index contributed by atoms with van der Waals surface area (Å²) in [6.45, 7) is 12.2. The first kappa shape index (κ1) is 17.4.